The van der Waals surface area contributed by atoms with Gasteiger partial charge < -0.3 is 5.11 Å². The van der Waals surface area contributed by atoms with Gasteiger partial charge in [-0.3, -0.25) is 0 Å². The van der Waals surface area contributed by atoms with Crippen LogP contribution in [0.4, 0.5) is 4.39 Å². The molecule has 0 unspecified atom stereocenters. The number of halogens is 1. The van der Waals surface area contributed by atoms with E-state index in [0.29, 0.717) is 0 Å². The molecule has 0 aliphatic heterocycles. The first kappa shape index (κ1) is 9.34. The van der Waals surface area contributed by atoms with Gasteiger partial charge in [-0.05, 0) is 61.3 Å². The van der Waals surface area contributed by atoms with Crippen LogP contribution in [0.5, 0.6) is 0 Å². The predicted molar refractivity (Wildman–Crippen MR) is 56.2 cm³/mol. The van der Waals surface area contributed by atoms with Gasteiger partial charge in [0.05, 0.1) is 5.60 Å². The van der Waals surface area contributed by atoms with Gasteiger partial charge in [-0.2, -0.15) is 0 Å². The zero-order chi connectivity index (χ0) is 10.5. The quantitative estimate of drug-likeness (QED) is 0.749. The molecule has 0 radical (unpaired) electrons. The molecule has 0 spiro atoms. The summed E-state index contributed by atoms with van der Waals surface area (Å²) in [6.07, 6.45) is 5.50. The van der Waals surface area contributed by atoms with Crippen molar-refractivity contribution in [3.8, 4) is 0 Å². The summed E-state index contributed by atoms with van der Waals surface area (Å²) in [5.41, 5.74) is 2.07. The van der Waals surface area contributed by atoms with E-state index in [4.69, 9.17) is 0 Å². The summed E-state index contributed by atoms with van der Waals surface area (Å²) in [7, 11) is 0. The highest BCUT2D eigenvalue weighted by Gasteiger charge is 2.37. The molecule has 2 heteroatoms. The summed E-state index contributed by atoms with van der Waals surface area (Å²) < 4.78 is 13.7. The maximum Gasteiger partial charge on any atom is 0.127 e. The number of rotatable bonds is 1. The maximum atomic E-state index is 13.7. The Morgan fingerprint density at radius 3 is 2.60 bits per heavy atom. The minimum absolute atomic E-state index is 0.111. The molecule has 3 rings (SSSR count). The van der Waals surface area contributed by atoms with Crippen molar-refractivity contribution in [2.75, 3.05) is 0 Å². The molecule has 1 saturated carbocycles. The monoisotopic (exact) mass is 206 g/mol. The molecule has 80 valence electrons. The van der Waals surface area contributed by atoms with Gasteiger partial charge in [-0.25, -0.2) is 4.39 Å². The van der Waals surface area contributed by atoms with E-state index in [0.717, 1.165) is 55.2 Å². The van der Waals surface area contributed by atoms with Gasteiger partial charge in [0.2, 0.25) is 0 Å². The summed E-state index contributed by atoms with van der Waals surface area (Å²) >= 11 is 0. The molecule has 2 aliphatic carbocycles. The van der Waals surface area contributed by atoms with E-state index < -0.39 is 5.60 Å². The van der Waals surface area contributed by atoms with Gasteiger partial charge in [0, 0.05) is 0 Å². The Morgan fingerprint density at radius 2 is 1.93 bits per heavy atom. The van der Waals surface area contributed by atoms with E-state index in [-0.39, 0.29) is 5.82 Å². The van der Waals surface area contributed by atoms with E-state index >= 15 is 0 Å². The molecule has 0 bridgehead atoms. The fraction of sp³-hybridized carbons (Fsp3) is 0.538. The summed E-state index contributed by atoms with van der Waals surface area (Å²) in [5.74, 6) is -0.111. The SMILES string of the molecule is OC1(c2cc(F)c3c(c2)CCC3)CCC1. The molecule has 1 aromatic carbocycles. The Morgan fingerprint density at radius 1 is 1.13 bits per heavy atom. The molecule has 1 fully saturated rings. The van der Waals surface area contributed by atoms with Crippen molar-refractivity contribution >= 4 is 0 Å². The van der Waals surface area contributed by atoms with Crippen LogP contribution in [0.2, 0.25) is 0 Å². The van der Waals surface area contributed by atoms with Crippen LogP contribution >= 0.6 is 0 Å². The smallest absolute Gasteiger partial charge is 0.127 e. The summed E-state index contributed by atoms with van der Waals surface area (Å²) in [6.45, 7) is 0. The number of hydrogen-bond donors (Lipinski definition) is 1. The van der Waals surface area contributed by atoms with Crippen LogP contribution in [0, 0.1) is 5.82 Å². The van der Waals surface area contributed by atoms with E-state index in [9.17, 15) is 9.50 Å². The number of aliphatic hydroxyl groups is 1. The molecule has 0 atom stereocenters. The van der Waals surface area contributed by atoms with Crippen molar-refractivity contribution in [1.82, 2.24) is 0 Å². The lowest BCUT2D eigenvalue weighted by atomic mass is 9.74. The summed E-state index contributed by atoms with van der Waals surface area (Å²) in [6, 6.07) is 3.56. The minimum Gasteiger partial charge on any atom is -0.385 e. The normalized spacial score (nSPS) is 22.3. The largest absolute Gasteiger partial charge is 0.385 e. The molecule has 1 aromatic rings. The van der Waals surface area contributed by atoms with Crippen molar-refractivity contribution in [1.29, 1.82) is 0 Å². The van der Waals surface area contributed by atoms with E-state index in [1.54, 1.807) is 6.07 Å². The number of benzene rings is 1. The van der Waals surface area contributed by atoms with Crippen molar-refractivity contribution in [3.05, 3.63) is 34.6 Å². The van der Waals surface area contributed by atoms with Gasteiger partial charge in [-0.15, -0.1) is 0 Å². The Balaban J connectivity index is 2.07. The third-order valence-corrected chi connectivity index (χ3v) is 3.88. The van der Waals surface area contributed by atoms with E-state index in [2.05, 4.69) is 0 Å². The van der Waals surface area contributed by atoms with Crippen LogP contribution in [0.15, 0.2) is 12.1 Å². The highest BCUT2D eigenvalue weighted by molar-refractivity contribution is 5.39. The highest BCUT2D eigenvalue weighted by Crippen LogP contribution is 2.42. The van der Waals surface area contributed by atoms with E-state index in [1.807, 2.05) is 6.07 Å². The van der Waals surface area contributed by atoms with Crippen molar-refractivity contribution < 1.29 is 9.50 Å². The molecule has 0 amide bonds. The third kappa shape index (κ3) is 1.31. The standard InChI is InChI=1S/C13H15FO/c14-12-8-10(13(15)5-2-6-13)7-9-3-1-4-11(9)12/h7-8,15H,1-6H2. The molecular weight excluding hydrogens is 191 g/mol. The van der Waals surface area contributed by atoms with Gasteiger partial charge >= 0.3 is 0 Å². The summed E-state index contributed by atoms with van der Waals surface area (Å²) in [4.78, 5) is 0. The zero-order valence-electron chi connectivity index (χ0n) is 8.72. The van der Waals surface area contributed by atoms with Crippen LogP contribution in [0.1, 0.15) is 42.4 Å². The lowest BCUT2D eigenvalue weighted by molar-refractivity contribution is -0.0390. The average Bonchev–Trinajstić information content (AvgIpc) is 2.62. The first-order valence-electron chi connectivity index (χ1n) is 5.73. The maximum absolute atomic E-state index is 13.7. The number of aryl methyl sites for hydroxylation is 1. The third-order valence-electron chi connectivity index (χ3n) is 3.88. The van der Waals surface area contributed by atoms with Crippen molar-refractivity contribution in [2.45, 2.75) is 44.1 Å². The molecule has 0 saturated heterocycles. The number of fused-ring (bicyclic) bond motifs is 1. The van der Waals surface area contributed by atoms with E-state index in [1.165, 1.54) is 0 Å². The zero-order valence-corrected chi connectivity index (χ0v) is 8.72. The number of hydrogen-bond acceptors (Lipinski definition) is 1. The van der Waals surface area contributed by atoms with Crippen LogP contribution in [-0.2, 0) is 18.4 Å². The van der Waals surface area contributed by atoms with Crippen molar-refractivity contribution in [2.24, 2.45) is 0 Å². The van der Waals surface area contributed by atoms with Crippen LogP contribution in [0.25, 0.3) is 0 Å². The minimum atomic E-state index is -0.724. The molecule has 15 heavy (non-hydrogen) atoms. The van der Waals surface area contributed by atoms with Gasteiger partial charge in [-0.1, -0.05) is 6.07 Å². The molecule has 1 N–H and O–H groups in total. The molecule has 0 heterocycles. The first-order chi connectivity index (χ1) is 7.19. The van der Waals surface area contributed by atoms with Gasteiger partial charge in [0.1, 0.15) is 5.82 Å². The average molecular weight is 206 g/mol. The lowest BCUT2D eigenvalue weighted by Crippen LogP contribution is -2.33. The second-order valence-corrected chi connectivity index (χ2v) is 4.83. The summed E-state index contributed by atoms with van der Waals surface area (Å²) in [5, 5.41) is 10.2. The Bertz CT molecular complexity index is 407. The Labute approximate surface area is 88.9 Å². The highest BCUT2D eigenvalue weighted by atomic mass is 19.1. The fourth-order valence-corrected chi connectivity index (χ4v) is 2.72. The molecular formula is C13H15FO. The second kappa shape index (κ2) is 3.05. The predicted octanol–water partition coefficient (Wildman–Crippen LogP) is 2.69. The first-order valence-corrected chi connectivity index (χ1v) is 5.73. The second-order valence-electron chi connectivity index (χ2n) is 4.83. The molecule has 0 aromatic heterocycles. The van der Waals surface area contributed by atoms with Gasteiger partial charge in [0.25, 0.3) is 0 Å². The molecule has 1 nitrogen and oxygen atoms in total. The van der Waals surface area contributed by atoms with Gasteiger partial charge in [0.15, 0.2) is 0 Å². The lowest BCUT2D eigenvalue weighted by Gasteiger charge is -2.37. The molecule has 2 aliphatic rings. The van der Waals surface area contributed by atoms with Crippen molar-refractivity contribution in [3.63, 3.8) is 0 Å². The Hall–Kier alpha value is -0.890. The van der Waals surface area contributed by atoms with Crippen LogP contribution < -0.4 is 0 Å². The van der Waals surface area contributed by atoms with Crippen LogP contribution in [-0.4, -0.2) is 5.11 Å². The Kier molecular flexibility index (Phi) is 1.90. The topological polar surface area (TPSA) is 20.2 Å². The van der Waals surface area contributed by atoms with Crippen LogP contribution in [0.3, 0.4) is 0 Å². The fourth-order valence-electron chi connectivity index (χ4n) is 2.72.